The molecular weight excluding hydrogens is 174 g/mol. The molecule has 0 radical (unpaired) electrons. The van der Waals surface area contributed by atoms with Crippen molar-refractivity contribution in [3.63, 3.8) is 0 Å². The van der Waals surface area contributed by atoms with Gasteiger partial charge >= 0.3 is 0 Å². The number of carbonyl (C=O) groups is 1. The average molecular weight is 184 g/mol. The van der Waals surface area contributed by atoms with Gasteiger partial charge in [-0.25, -0.2) is 0 Å². The number of hydrogen-bond acceptors (Lipinski definition) is 2. The predicted octanol–water partition coefficient (Wildman–Crippen LogP) is 2.14. The standard InChI is InChI=1S/C9H10ClNO/c1-6(9(10)12)7-3-2-4-8(11)5-7/h2-6H,11H2,1H3. The maximum absolute atomic E-state index is 10.8. The van der Waals surface area contributed by atoms with Gasteiger partial charge < -0.3 is 5.73 Å². The van der Waals surface area contributed by atoms with Crippen molar-refractivity contribution in [2.75, 3.05) is 5.73 Å². The highest BCUT2D eigenvalue weighted by Crippen LogP contribution is 2.19. The molecule has 2 nitrogen and oxygen atoms in total. The molecule has 0 aromatic heterocycles. The van der Waals surface area contributed by atoms with E-state index in [1.165, 1.54) is 0 Å². The van der Waals surface area contributed by atoms with Crippen LogP contribution in [0.4, 0.5) is 5.69 Å². The first-order valence-electron chi connectivity index (χ1n) is 3.66. The largest absolute Gasteiger partial charge is 0.399 e. The van der Waals surface area contributed by atoms with Gasteiger partial charge in [0, 0.05) is 5.69 Å². The van der Waals surface area contributed by atoms with Crippen LogP contribution in [0.1, 0.15) is 18.4 Å². The smallest absolute Gasteiger partial charge is 0.228 e. The second kappa shape index (κ2) is 3.59. The molecule has 64 valence electrons. The van der Waals surface area contributed by atoms with Crippen molar-refractivity contribution in [3.05, 3.63) is 29.8 Å². The zero-order chi connectivity index (χ0) is 9.14. The minimum absolute atomic E-state index is 0.282. The predicted molar refractivity (Wildman–Crippen MR) is 50.1 cm³/mol. The Balaban J connectivity index is 2.95. The first kappa shape index (κ1) is 9.07. The van der Waals surface area contributed by atoms with Crippen LogP contribution in [0.25, 0.3) is 0 Å². The molecule has 0 fully saturated rings. The SMILES string of the molecule is CC(C(=O)Cl)c1cccc(N)c1. The Kier molecular flexibility index (Phi) is 2.71. The maximum Gasteiger partial charge on any atom is 0.228 e. The fourth-order valence-electron chi connectivity index (χ4n) is 0.959. The highest BCUT2D eigenvalue weighted by atomic mass is 35.5. The molecule has 0 amide bonds. The molecule has 1 aromatic rings. The van der Waals surface area contributed by atoms with E-state index in [0.29, 0.717) is 5.69 Å². The summed E-state index contributed by atoms with van der Waals surface area (Å²) in [5, 5.41) is -0.361. The number of carbonyl (C=O) groups excluding carboxylic acids is 1. The van der Waals surface area contributed by atoms with Crippen LogP contribution in [0, 0.1) is 0 Å². The molecule has 2 N–H and O–H groups in total. The number of halogens is 1. The Morgan fingerprint density at radius 2 is 2.25 bits per heavy atom. The molecule has 3 heteroatoms. The summed E-state index contributed by atoms with van der Waals surface area (Å²) in [6.07, 6.45) is 0. The number of hydrogen-bond donors (Lipinski definition) is 1. The molecule has 0 bridgehead atoms. The van der Waals surface area contributed by atoms with Crippen LogP contribution in [-0.4, -0.2) is 5.24 Å². The summed E-state index contributed by atoms with van der Waals surface area (Å²) in [6, 6.07) is 7.17. The number of benzene rings is 1. The monoisotopic (exact) mass is 183 g/mol. The molecule has 0 aliphatic heterocycles. The fraction of sp³-hybridized carbons (Fsp3) is 0.222. The normalized spacial score (nSPS) is 12.5. The van der Waals surface area contributed by atoms with Crippen molar-refractivity contribution in [1.82, 2.24) is 0 Å². The first-order chi connectivity index (χ1) is 5.61. The summed E-state index contributed by atoms with van der Waals surface area (Å²) in [5.74, 6) is -0.282. The summed E-state index contributed by atoms with van der Waals surface area (Å²) in [7, 11) is 0. The van der Waals surface area contributed by atoms with Gasteiger partial charge in [-0.2, -0.15) is 0 Å². The van der Waals surface area contributed by atoms with E-state index in [9.17, 15) is 4.79 Å². The third kappa shape index (κ3) is 1.98. The summed E-state index contributed by atoms with van der Waals surface area (Å²) in [5.41, 5.74) is 7.05. The molecule has 0 heterocycles. The highest BCUT2D eigenvalue weighted by Gasteiger charge is 2.11. The quantitative estimate of drug-likeness (QED) is 0.564. The summed E-state index contributed by atoms with van der Waals surface area (Å²) in [4.78, 5) is 10.8. The average Bonchev–Trinajstić information content (AvgIpc) is 2.03. The second-order valence-corrected chi connectivity index (χ2v) is 3.07. The fourth-order valence-corrected chi connectivity index (χ4v) is 1.09. The van der Waals surface area contributed by atoms with Gasteiger partial charge in [-0.3, -0.25) is 4.79 Å². The van der Waals surface area contributed by atoms with Crippen molar-refractivity contribution in [2.45, 2.75) is 12.8 Å². The molecule has 1 aromatic carbocycles. The molecule has 12 heavy (non-hydrogen) atoms. The van der Waals surface area contributed by atoms with E-state index >= 15 is 0 Å². The van der Waals surface area contributed by atoms with Crippen LogP contribution in [0.2, 0.25) is 0 Å². The molecular formula is C9H10ClNO. The highest BCUT2D eigenvalue weighted by molar-refractivity contribution is 6.64. The van der Waals surface area contributed by atoms with E-state index in [-0.39, 0.29) is 11.2 Å². The molecule has 0 aliphatic carbocycles. The van der Waals surface area contributed by atoms with Gasteiger partial charge in [0.15, 0.2) is 0 Å². The molecule has 0 saturated heterocycles. The maximum atomic E-state index is 10.8. The molecule has 0 saturated carbocycles. The van der Waals surface area contributed by atoms with Crippen molar-refractivity contribution < 1.29 is 4.79 Å². The Morgan fingerprint density at radius 3 is 2.75 bits per heavy atom. The van der Waals surface area contributed by atoms with Gasteiger partial charge in [-0.1, -0.05) is 19.1 Å². The molecule has 1 rings (SSSR count). The number of rotatable bonds is 2. The lowest BCUT2D eigenvalue weighted by Crippen LogP contribution is -2.02. The number of anilines is 1. The van der Waals surface area contributed by atoms with E-state index in [0.717, 1.165) is 5.56 Å². The molecule has 0 aliphatic rings. The Morgan fingerprint density at radius 1 is 1.58 bits per heavy atom. The zero-order valence-corrected chi connectivity index (χ0v) is 7.51. The van der Waals surface area contributed by atoms with Crippen molar-refractivity contribution in [2.24, 2.45) is 0 Å². The first-order valence-corrected chi connectivity index (χ1v) is 4.04. The van der Waals surface area contributed by atoms with Gasteiger partial charge in [0.05, 0.1) is 5.92 Å². The number of nitrogens with two attached hydrogens (primary N) is 1. The third-order valence-electron chi connectivity index (χ3n) is 1.75. The van der Waals surface area contributed by atoms with Gasteiger partial charge in [0.25, 0.3) is 0 Å². The lowest BCUT2D eigenvalue weighted by atomic mass is 10.0. The van der Waals surface area contributed by atoms with Crippen LogP contribution < -0.4 is 5.73 Å². The number of nitrogen functional groups attached to an aromatic ring is 1. The van der Waals surface area contributed by atoms with Crippen LogP contribution in [0.15, 0.2) is 24.3 Å². The lowest BCUT2D eigenvalue weighted by molar-refractivity contribution is -0.112. The van der Waals surface area contributed by atoms with Crippen LogP contribution in [0.5, 0.6) is 0 Å². The van der Waals surface area contributed by atoms with Crippen LogP contribution >= 0.6 is 11.6 Å². The lowest BCUT2D eigenvalue weighted by Gasteiger charge is -2.06. The van der Waals surface area contributed by atoms with Crippen molar-refractivity contribution in [1.29, 1.82) is 0 Å². The van der Waals surface area contributed by atoms with Gasteiger partial charge in [-0.15, -0.1) is 0 Å². The Labute approximate surface area is 76.3 Å². The van der Waals surface area contributed by atoms with Gasteiger partial charge in [-0.05, 0) is 29.3 Å². The van der Waals surface area contributed by atoms with Crippen molar-refractivity contribution in [3.8, 4) is 0 Å². The molecule has 1 unspecified atom stereocenters. The summed E-state index contributed by atoms with van der Waals surface area (Å²) >= 11 is 5.34. The van der Waals surface area contributed by atoms with E-state index in [4.69, 9.17) is 17.3 Å². The Hall–Kier alpha value is -1.02. The van der Waals surface area contributed by atoms with E-state index in [2.05, 4.69) is 0 Å². The second-order valence-electron chi connectivity index (χ2n) is 2.70. The van der Waals surface area contributed by atoms with Crippen LogP contribution in [-0.2, 0) is 4.79 Å². The third-order valence-corrected chi connectivity index (χ3v) is 2.08. The van der Waals surface area contributed by atoms with Crippen LogP contribution in [0.3, 0.4) is 0 Å². The van der Waals surface area contributed by atoms with Gasteiger partial charge in [0.2, 0.25) is 5.24 Å². The topological polar surface area (TPSA) is 43.1 Å². The minimum atomic E-state index is -0.361. The van der Waals surface area contributed by atoms with E-state index in [1.54, 1.807) is 25.1 Å². The van der Waals surface area contributed by atoms with E-state index < -0.39 is 0 Å². The van der Waals surface area contributed by atoms with Crippen molar-refractivity contribution >= 4 is 22.5 Å². The van der Waals surface area contributed by atoms with E-state index in [1.807, 2.05) is 6.07 Å². The molecule has 0 spiro atoms. The van der Waals surface area contributed by atoms with Gasteiger partial charge in [0.1, 0.15) is 0 Å². The summed E-state index contributed by atoms with van der Waals surface area (Å²) in [6.45, 7) is 1.75. The zero-order valence-electron chi connectivity index (χ0n) is 6.75. The minimum Gasteiger partial charge on any atom is -0.399 e. The summed E-state index contributed by atoms with van der Waals surface area (Å²) < 4.78 is 0. The Bertz CT molecular complexity index is 298. The molecule has 1 atom stereocenters.